The molecule has 0 bridgehead atoms. The SMILES string of the molecule is CCC(NC(=S)Nc1ccc(C(=O)N(C)C)cc1)c1ccc(OC)c(OC)c1. The van der Waals surface area contributed by atoms with Crippen LogP contribution in [0.5, 0.6) is 11.5 Å². The highest BCUT2D eigenvalue weighted by atomic mass is 32.1. The molecule has 1 unspecified atom stereocenters. The molecule has 0 saturated heterocycles. The first kappa shape index (κ1) is 21.5. The first-order chi connectivity index (χ1) is 13.4. The van der Waals surface area contributed by atoms with Gasteiger partial charge in [0.25, 0.3) is 5.91 Å². The summed E-state index contributed by atoms with van der Waals surface area (Å²) in [6.07, 6.45) is 0.841. The number of amides is 1. The van der Waals surface area contributed by atoms with E-state index in [0.29, 0.717) is 22.2 Å². The van der Waals surface area contributed by atoms with Gasteiger partial charge in [-0.1, -0.05) is 13.0 Å². The monoisotopic (exact) mass is 401 g/mol. The molecule has 1 amide bonds. The van der Waals surface area contributed by atoms with Crippen molar-refractivity contribution in [3.63, 3.8) is 0 Å². The van der Waals surface area contributed by atoms with E-state index in [9.17, 15) is 4.79 Å². The summed E-state index contributed by atoms with van der Waals surface area (Å²) >= 11 is 5.46. The Hall–Kier alpha value is -2.80. The molecule has 7 heteroatoms. The van der Waals surface area contributed by atoms with Gasteiger partial charge in [-0.3, -0.25) is 4.79 Å². The van der Waals surface area contributed by atoms with Gasteiger partial charge in [-0.25, -0.2) is 0 Å². The second-order valence-corrected chi connectivity index (χ2v) is 6.86. The summed E-state index contributed by atoms with van der Waals surface area (Å²) in [6, 6.07) is 13.1. The van der Waals surface area contributed by atoms with E-state index in [1.165, 1.54) is 0 Å². The van der Waals surface area contributed by atoms with Crippen molar-refractivity contribution in [2.45, 2.75) is 19.4 Å². The number of carbonyl (C=O) groups excluding carboxylic acids is 1. The maximum atomic E-state index is 12.0. The molecule has 1 atom stereocenters. The molecule has 2 N–H and O–H groups in total. The summed E-state index contributed by atoms with van der Waals surface area (Å²) in [5.74, 6) is 1.33. The van der Waals surface area contributed by atoms with Crippen LogP contribution >= 0.6 is 12.2 Å². The average molecular weight is 402 g/mol. The zero-order valence-corrected chi connectivity index (χ0v) is 17.7. The van der Waals surface area contributed by atoms with Crippen LogP contribution in [0, 0.1) is 0 Å². The normalized spacial score (nSPS) is 11.3. The minimum atomic E-state index is -0.0354. The Balaban J connectivity index is 2.05. The van der Waals surface area contributed by atoms with Crippen molar-refractivity contribution in [1.29, 1.82) is 0 Å². The number of hydrogen-bond donors (Lipinski definition) is 2. The summed E-state index contributed by atoms with van der Waals surface area (Å²) < 4.78 is 10.7. The van der Waals surface area contributed by atoms with Crippen LogP contribution in [0.15, 0.2) is 42.5 Å². The average Bonchev–Trinajstić information content (AvgIpc) is 2.71. The predicted molar refractivity (Wildman–Crippen MR) is 116 cm³/mol. The first-order valence-corrected chi connectivity index (χ1v) is 9.41. The van der Waals surface area contributed by atoms with E-state index in [1.807, 2.05) is 30.3 Å². The molecule has 0 saturated carbocycles. The molecule has 0 fully saturated rings. The third kappa shape index (κ3) is 5.36. The predicted octanol–water partition coefficient (Wildman–Crippen LogP) is 3.84. The summed E-state index contributed by atoms with van der Waals surface area (Å²) in [4.78, 5) is 13.5. The Morgan fingerprint density at radius 2 is 1.71 bits per heavy atom. The number of benzene rings is 2. The van der Waals surface area contributed by atoms with Crippen LogP contribution in [0.2, 0.25) is 0 Å². The van der Waals surface area contributed by atoms with E-state index >= 15 is 0 Å². The van der Waals surface area contributed by atoms with Gasteiger partial charge in [-0.15, -0.1) is 0 Å². The second kappa shape index (κ2) is 9.94. The number of nitrogens with zero attached hydrogens (tertiary/aromatic N) is 1. The third-order valence-corrected chi connectivity index (χ3v) is 4.54. The Labute approximate surface area is 171 Å². The van der Waals surface area contributed by atoms with Crippen LogP contribution in [-0.4, -0.2) is 44.2 Å². The molecule has 0 aliphatic carbocycles. The summed E-state index contributed by atoms with van der Waals surface area (Å²) in [6.45, 7) is 2.08. The smallest absolute Gasteiger partial charge is 0.253 e. The van der Waals surface area contributed by atoms with Crippen molar-refractivity contribution in [3.8, 4) is 11.5 Å². The molecule has 0 spiro atoms. The number of methoxy groups -OCH3 is 2. The lowest BCUT2D eigenvalue weighted by Crippen LogP contribution is -2.32. The molecule has 2 rings (SSSR count). The maximum Gasteiger partial charge on any atom is 0.253 e. The molecule has 2 aromatic rings. The van der Waals surface area contributed by atoms with Gasteiger partial charge in [0.1, 0.15) is 0 Å². The molecule has 28 heavy (non-hydrogen) atoms. The third-order valence-electron chi connectivity index (χ3n) is 4.32. The summed E-state index contributed by atoms with van der Waals surface area (Å²) in [5.41, 5.74) is 2.50. The Morgan fingerprint density at radius 1 is 1.07 bits per heavy atom. The van der Waals surface area contributed by atoms with E-state index in [-0.39, 0.29) is 11.9 Å². The molecular weight excluding hydrogens is 374 g/mol. The van der Waals surface area contributed by atoms with Gasteiger partial charge in [0.05, 0.1) is 20.3 Å². The van der Waals surface area contributed by atoms with E-state index in [4.69, 9.17) is 21.7 Å². The number of ether oxygens (including phenoxy) is 2. The molecule has 0 aliphatic rings. The Kier molecular flexibility index (Phi) is 7.63. The number of rotatable bonds is 7. The van der Waals surface area contributed by atoms with E-state index in [0.717, 1.165) is 17.7 Å². The Morgan fingerprint density at radius 3 is 2.25 bits per heavy atom. The van der Waals surface area contributed by atoms with Gasteiger partial charge >= 0.3 is 0 Å². The molecule has 2 aromatic carbocycles. The van der Waals surface area contributed by atoms with Gasteiger partial charge in [0.15, 0.2) is 16.6 Å². The van der Waals surface area contributed by atoms with Crippen molar-refractivity contribution < 1.29 is 14.3 Å². The molecule has 150 valence electrons. The molecule has 6 nitrogen and oxygen atoms in total. The molecule has 0 heterocycles. The Bertz CT molecular complexity index is 822. The number of nitrogens with one attached hydrogen (secondary N) is 2. The lowest BCUT2D eigenvalue weighted by atomic mass is 10.0. The fraction of sp³-hybridized carbons (Fsp3) is 0.333. The van der Waals surface area contributed by atoms with Crippen molar-refractivity contribution >= 4 is 28.9 Å². The van der Waals surface area contributed by atoms with Crippen LogP contribution in [0.1, 0.15) is 35.3 Å². The molecule has 0 radical (unpaired) electrons. The molecule has 0 aromatic heterocycles. The summed E-state index contributed by atoms with van der Waals surface area (Å²) in [5, 5.41) is 6.99. The van der Waals surface area contributed by atoms with Gasteiger partial charge in [-0.2, -0.15) is 0 Å². The van der Waals surface area contributed by atoms with Crippen LogP contribution in [0.25, 0.3) is 0 Å². The van der Waals surface area contributed by atoms with Crippen LogP contribution in [0.3, 0.4) is 0 Å². The lowest BCUT2D eigenvalue weighted by Gasteiger charge is -2.21. The van der Waals surface area contributed by atoms with Crippen molar-refractivity contribution in [2.24, 2.45) is 0 Å². The highest BCUT2D eigenvalue weighted by Crippen LogP contribution is 2.30. The zero-order chi connectivity index (χ0) is 20.7. The second-order valence-electron chi connectivity index (χ2n) is 6.45. The quantitative estimate of drug-likeness (QED) is 0.688. The minimum Gasteiger partial charge on any atom is -0.493 e. The number of thiocarbonyl (C=S) groups is 1. The first-order valence-electron chi connectivity index (χ1n) is 9.00. The van der Waals surface area contributed by atoms with E-state index < -0.39 is 0 Å². The van der Waals surface area contributed by atoms with Crippen LogP contribution < -0.4 is 20.1 Å². The maximum absolute atomic E-state index is 12.0. The van der Waals surface area contributed by atoms with Crippen molar-refractivity contribution in [1.82, 2.24) is 10.2 Å². The van der Waals surface area contributed by atoms with Crippen molar-refractivity contribution in [3.05, 3.63) is 53.6 Å². The number of hydrogen-bond acceptors (Lipinski definition) is 4. The number of anilines is 1. The molecule has 0 aliphatic heterocycles. The van der Waals surface area contributed by atoms with E-state index in [1.54, 1.807) is 45.3 Å². The van der Waals surface area contributed by atoms with Crippen LogP contribution in [-0.2, 0) is 0 Å². The number of carbonyl (C=O) groups is 1. The molecular formula is C21H27N3O3S. The van der Waals surface area contributed by atoms with Gasteiger partial charge in [-0.05, 0) is 60.6 Å². The van der Waals surface area contributed by atoms with Gasteiger partial charge in [0.2, 0.25) is 0 Å². The van der Waals surface area contributed by atoms with Gasteiger partial charge < -0.3 is 25.0 Å². The fourth-order valence-corrected chi connectivity index (χ4v) is 3.03. The largest absolute Gasteiger partial charge is 0.493 e. The van der Waals surface area contributed by atoms with Crippen LogP contribution in [0.4, 0.5) is 5.69 Å². The van der Waals surface area contributed by atoms with Gasteiger partial charge in [0, 0.05) is 25.3 Å². The fourth-order valence-electron chi connectivity index (χ4n) is 2.77. The lowest BCUT2D eigenvalue weighted by molar-refractivity contribution is 0.0827. The zero-order valence-electron chi connectivity index (χ0n) is 16.9. The summed E-state index contributed by atoms with van der Waals surface area (Å²) in [7, 11) is 6.69. The highest BCUT2D eigenvalue weighted by molar-refractivity contribution is 7.80. The topological polar surface area (TPSA) is 62.8 Å². The minimum absolute atomic E-state index is 0.0226. The van der Waals surface area contributed by atoms with Crippen molar-refractivity contribution in [2.75, 3.05) is 33.6 Å². The standard InChI is InChI=1S/C21H27N3O3S/c1-6-17(15-9-12-18(26-4)19(13-15)27-5)23-21(28)22-16-10-7-14(8-11-16)20(25)24(2)3/h7-13,17H,6H2,1-5H3,(H2,22,23,28). The van der Waals surface area contributed by atoms with E-state index in [2.05, 4.69) is 17.6 Å². The highest BCUT2D eigenvalue weighted by Gasteiger charge is 2.14.